The number of aromatic nitrogens is 1. The minimum absolute atomic E-state index is 0.100. The van der Waals surface area contributed by atoms with Crippen LogP contribution < -0.4 is 15.2 Å². The topological polar surface area (TPSA) is 132 Å². The first-order chi connectivity index (χ1) is 15.1. The number of carbonyl (C=O) groups is 3. The molecule has 3 N–H and O–H groups in total. The lowest BCUT2D eigenvalue weighted by Crippen LogP contribution is -2.66. The maximum atomic E-state index is 13.9. The minimum Gasteiger partial charge on any atom is -0.480 e. The number of hydrogen-bond donors (Lipinski definition) is 2. The van der Waals surface area contributed by atoms with Gasteiger partial charge in [0.1, 0.15) is 11.9 Å². The fourth-order valence-corrected chi connectivity index (χ4v) is 4.07. The van der Waals surface area contributed by atoms with Crippen LogP contribution in [0.25, 0.3) is 0 Å². The predicted molar refractivity (Wildman–Crippen MR) is 109 cm³/mol. The molecule has 0 radical (unpaired) electrons. The van der Waals surface area contributed by atoms with Crippen LogP contribution in [0.15, 0.2) is 36.5 Å². The third kappa shape index (κ3) is 3.95. The average molecular weight is 443 g/mol. The van der Waals surface area contributed by atoms with E-state index in [-0.39, 0.29) is 36.1 Å². The zero-order chi connectivity index (χ0) is 23.2. The van der Waals surface area contributed by atoms with Crippen molar-refractivity contribution in [2.45, 2.75) is 44.7 Å². The number of likely N-dealkylation sites (tertiary alicyclic amines) is 1. The zero-order valence-electron chi connectivity index (χ0n) is 17.4. The Balaban J connectivity index is 1.45. The highest BCUT2D eigenvalue weighted by atomic mass is 19.2. The number of nitrogens with two attached hydrogens (primary N) is 1. The first-order valence-electron chi connectivity index (χ1n) is 10.1. The van der Waals surface area contributed by atoms with Crippen LogP contribution >= 0.6 is 0 Å². The van der Waals surface area contributed by atoms with E-state index in [1.807, 2.05) is 0 Å². The third-order valence-electron chi connectivity index (χ3n) is 5.64. The molecule has 1 saturated heterocycles. The predicted octanol–water partition coefficient (Wildman–Crippen LogP) is 2.25. The van der Waals surface area contributed by atoms with Crippen LogP contribution in [0, 0.1) is 5.92 Å². The number of β-lactam (4-membered cyclic amide) rings is 1. The number of hydrogen-bond acceptors (Lipinski definition) is 7. The molecule has 2 aliphatic heterocycles. The molecule has 0 bridgehead atoms. The van der Waals surface area contributed by atoms with Gasteiger partial charge in [-0.1, -0.05) is 13.0 Å². The van der Waals surface area contributed by atoms with E-state index in [0.29, 0.717) is 11.1 Å². The molecular formula is C22H22FN3O6. The number of carboxylic acids is 1. The van der Waals surface area contributed by atoms with Crippen molar-refractivity contribution in [3.63, 3.8) is 0 Å². The number of carbonyl (C=O) groups excluding carboxylic acids is 2. The summed E-state index contributed by atoms with van der Waals surface area (Å²) in [5.74, 6) is -2.88. The van der Waals surface area contributed by atoms with Crippen LogP contribution in [0.5, 0.6) is 11.5 Å². The molecule has 1 aromatic carbocycles. The first-order valence-corrected chi connectivity index (χ1v) is 10.1. The Morgan fingerprint density at radius 3 is 2.69 bits per heavy atom. The van der Waals surface area contributed by atoms with E-state index in [1.165, 1.54) is 6.20 Å². The van der Waals surface area contributed by atoms with Gasteiger partial charge < -0.3 is 20.3 Å². The normalized spacial score (nSPS) is 24.7. The Morgan fingerprint density at radius 1 is 1.28 bits per heavy atom. The number of nitrogen functional groups attached to an aromatic ring is 1. The van der Waals surface area contributed by atoms with Crippen molar-refractivity contribution in [1.29, 1.82) is 0 Å². The zero-order valence-corrected chi connectivity index (χ0v) is 17.4. The third-order valence-corrected chi connectivity index (χ3v) is 5.64. The van der Waals surface area contributed by atoms with Gasteiger partial charge in [-0.15, -0.1) is 0 Å². The Bertz CT molecular complexity index is 1100. The van der Waals surface area contributed by atoms with Gasteiger partial charge >= 0.3 is 12.0 Å². The van der Waals surface area contributed by atoms with Gasteiger partial charge in [0.25, 0.3) is 0 Å². The summed E-state index contributed by atoms with van der Waals surface area (Å²) in [4.78, 5) is 42.0. The summed E-state index contributed by atoms with van der Waals surface area (Å²) in [6.07, 6.45) is 1.52. The molecule has 10 heteroatoms. The van der Waals surface area contributed by atoms with Crippen molar-refractivity contribution >= 4 is 23.6 Å². The summed E-state index contributed by atoms with van der Waals surface area (Å²) in [6, 6.07) is 4.50. The number of pyridine rings is 1. The van der Waals surface area contributed by atoms with Crippen molar-refractivity contribution in [3.05, 3.63) is 47.7 Å². The number of alkyl halides is 1. The second-order valence-electron chi connectivity index (χ2n) is 8.13. The Labute approximate surface area is 182 Å². The summed E-state index contributed by atoms with van der Waals surface area (Å²) in [5, 5.41) is 9.63. The smallest absolute Gasteiger partial charge is 0.404 e. The minimum atomic E-state index is -2.26. The number of carboxylic acid groups (broad SMARTS) is 1. The maximum absolute atomic E-state index is 13.9. The lowest BCUT2D eigenvalue weighted by atomic mass is 9.81. The van der Waals surface area contributed by atoms with Gasteiger partial charge in [0.05, 0.1) is 5.92 Å². The molecule has 1 aromatic heterocycles. The number of imide groups is 1. The van der Waals surface area contributed by atoms with Gasteiger partial charge in [-0.2, -0.15) is 4.39 Å². The monoisotopic (exact) mass is 443 g/mol. The van der Waals surface area contributed by atoms with E-state index in [1.54, 1.807) is 37.3 Å². The largest absolute Gasteiger partial charge is 0.480 e. The Morgan fingerprint density at radius 2 is 2.00 bits per heavy atom. The number of nitrogens with zero attached hydrogens (tertiary/aromatic N) is 2. The Hall–Kier alpha value is -3.69. The van der Waals surface area contributed by atoms with Crippen LogP contribution in [0.4, 0.5) is 10.2 Å². The number of anilines is 1. The SMILES string of the molecule is C[C@@H](CC(=O)N1C(=O)[C@H](Cc2ccnc(N)c2)[C@H]1C(=O)O)c1ccc2c(c1)OC(C)(F)O2. The van der Waals surface area contributed by atoms with Gasteiger partial charge in [-0.05, 0) is 47.7 Å². The summed E-state index contributed by atoms with van der Waals surface area (Å²) in [5.41, 5.74) is 6.98. The van der Waals surface area contributed by atoms with Crippen molar-refractivity contribution in [3.8, 4) is 11.5 Å². The highest BCUT2D eigenvalue weighted by Crippen LogP contribution is 2.42. The number of amides is 2. The molecule has 2 aromatic rings. The lowest BCUT2D eigenvalue weighted by Gasteiger charge is -2.43. The number of benzene rings is 1. The van der Waals surface area contributed by atoms with Crippen LogP contribution in [-0.4, -0.2) is 44.9 Å². The lowest BCUT2D eigenvalue weighted by molar-refractivity contribution is -0.177. The molecule has 4 rings (SSSR count). The quantitative estimate of drug-likeness (QED) is 0.650. The van der Waals surface area contributed by atoms with Gasteiger partial charge in [0.15, 0.2) is 11.5 Å². The molecule has 168 valence electrons. The molecule has 0 aliphatic carbocycles. The van der Waals surface area contributed by atoms with E-state index < -0.39 is 35.8 Å². The molecule has 2 amide bonds. The molecule has 1 fully saturated rings. The fourth-order valence-electron chi connectivity index (χ4n) is 4.07. The van der Waals surface area contributed by atoms with Crippen LogP contribution in [0.2, 0.25) is 0 Å². The number of halogens is 1. The van der Waals surface area contributed by atoms with E-state index in [0.717, 1.165) is 11.8 Å². The summed E-state index contributed by atoms with van der Waals surface area (Å²) >= 11 is 0. The van der Waals surface area contributed by atoms with Crippen molar-refractivity contribution in [1.82, 2.24) is 9.88 Å². The van der Waals surface area contributed by atoms with Crippen LogP contribution in [0.1, 0.15) is 37.3 Å². The van der Waals surface area contributed by atoms with Gasteiger partial charge in [-0.25, -0.2) is 9.78 Å². The second kappa shape index (κ2) is 7.77. The summed E-state index contributed by atoms with van der Waals surface area (Å²) in [6.45, 7) is 2.89. The van der Waals surface area contributed by atoms with Crippen LogP contribution in [-0.2, 0) is 20.8 Å². The van der Waals surface area contributed by atoms with E-state index in [2.05, 4.69) is 4.98 Å². The average Bonchev–Trinajstić information content (AvgIpc) is 3.02. The standard InChI is InChI=1S/C22H22FN3O6/c1-11(13-3-4-15-16(10-13)32-22(2,23)31-15)7-18(27)26-19(21(29)30)14(20(26)28)8-12-5-6-25-17(24)9-12/h3-6,9-11,14,19H,7-8H2,1-2H3,(H2,24,25)(H,29,30)/t11-,14+,19-,22?/m0/s1. The van der Waals surface area contributed by atoms with Gasteiger partial charge in [-0.3, -0.25) is 14.5 Å². The number of aliphatic carboxylic acids is 1. The van der Waals surface area contributed by atoms with Crippen molar-refractivity contribution < 1.29 is 33.4 Å². The number of fused-ring (bicyclic) bond motifs is 1. The van der Waals surface area contributed by atoms with Crippen molar-refractivity contribution in [2.24, 2.45) is 5.92 Å². The van der Waals surface area contributed by atoms with E-state index in [4.69, 9.17) is 15.2 Å². The maximum Gasteiger partial charge on any atom is 0.404 e. The van der Waals surface area contributed by atoms with Gasteiger partial charge in [0, 0.05) is 19.5 Å². The van der Waals surface area contributed by atoms with Crippen molar-refractivity contribution in [2.75, 3.05) is 5.73 Å². The summed E-state index contributed by atoms with van der Waals surface area (Å²) in [7, 11) is 0. The molecular weight excluding hydrogens is 421 g/mol. The van der Waals surface area contributed by atoms with Gasteiger partial charge in [0.2, 0.25) is 11.8 Å². The van der Waals surface area contributed by atoms with E-state index >= 15 is 0 Å². The highest BCUT2D eigenvalue weighted by molar-refractivity contribution is 6.08. The number of rotatable bonds is 6. The Kier molecular flexibility index (Phi) is 5.23. The molecule has 0 spiro atoms. The molecule has 3 heterocycles. The fraction of sp³-hybridized carbons (Fsp3) is 0.364. The molecule has 2 aliphatic rings. The molecule has 4 atom stereocenters. The first kappa shape index (κ1) is 21.5. The van der Waals surface area contributed by atoms with E-state index in [9.17, 15) is 23.9 Å². The van der Waals surface area contributed by atoms with Crippen LogP contribution in [0.3, 0.4) is 0 Å². The molecule has 32 heavy (non-hydrogen) atoms. The molecule has 0 saturated carbocycles. The number of ether oxygens (including phenoxy) is 2. The highest BCUT2D eigenvalue weighted by Gasteiger charge is 2.54. The summed E-state index contributed by atoms with van der Waals surface area (Å²) < 4.78 is 24.0. The molecule has 1 unspecified atom stereocenters. The molecule has 9 nitrogen and oxygen atoms in total. The second-order valence-corrected chi connectivity index (χ2v) is 8.13.